The van der Waals surface area contributed by atoms with Gasteiger partial charge in [-0.05, 0) is 31.9 Å². The molecule has 0 bridgehead atoms. The number of aryl methyl sites for hydroxylation is 3. The molecule has 1 aliphatic rings. The van der Waals surface area contributed by atoms with E-state index in [9.17, 15) is 4.79 Å². The molecule has 7 heteroatoms. The molecule has 2 heterocycles. The molecule has 0 unspecified atom stereocenters. The van der Waals surface area contributed by atoms with Crippen molar-refractivity contribution >= 4 is 17.7 Å². The summed E-state index contributed by atoms with van der Waals surface area (Å²) >= 11 is 0. The van der Waals surface area contributed by atoms with Gasteiger partial charge in [-0.3, -0.25) is 10.00 Å². The maximum absolute atomic E-state index is 12.5. The van der Waals surface area contributed by atoms with Gasteiger partial charge in [-0.25, -0.2) is 4.79 Å². The minimum Gasteiger partial charge on any atom is -0.369 e. The predicted molar refractivity (Wildman–Crippen MR) is 94.3 cm³/mol. The Morgan fingerprint density at radius 2 is 1.92 bits per heavy atom. The first-order valence-electron chi connectivity index (χ1n) is 8.29. The van der Waals surface area contributed by atoms with E-state index >= 15 is 0 Å². The Morgan fingerprint density at radius 3 is 2.62 bits per heavy atom. The van der Waals surface area contributed by atoms with Gasteiger partial charge in [0.15, 0.2) is 0 Å². The quantitative estimate of drug-likeness (QED) is 0.917. The molecule has 0 radical (unpaired) electrons. The number of rotatable bonds is 2. The molecule has 0 spiro atoms. The van der Waals surface area contributed by atoms with Crippen LogP contribution in [0.4, 0.5) is 16.4 Å². The van der Waals surface area contributed by atoms with Crippen molar-refractivity contribution in [1.29, 1.82) is 0 Å². The monoisotopic (exact) mass is 328 g/mol. The lowest BCUT2D eigenvalue weighted by atomic mass is 10.2. The Hall–Kier alpha value is -2.57. The number of benzene rings is 1. The van der Waals surface area contributed by atoms with Crippen molar-refractivity contribution in [3.8, 4) is 0 Å². The Kier molecular flexibility index (Phi) is 4.69. The molecule has 1 aliphatic heterocycles. The van der Waals surface area contributed by atoms with Crippen LogP contribution in [-0.4, -0.2) is 51.9 Å². The first-order valence-corrected chi connectivity index (χ1v) is 8.29. The Balaban J connectivity index is 1.62. The maximum atomic E-state index is 12.5. The van der Waals surface area contributed by atoms with Crippen LogP contribution in [-0.2, 0) is 7.05 Å². The molecule has 128 valence electrons. The van der Waals surface area contributed by atoms with Gasteiger partial charge in [-0.15, -0.1) is 5.10 Å². The second kappa shape index (κ2) is 6.90. The second-order valence-corrected chi connectivity index (χ2v) is 6.15. The molecule has 1 aromatic carbocycles. The van der Waals surface area contributed by atoms with Crippen LogP contribution in [0.15, 0.2) is 24.3 Å². The summed E-state index contributed by atoms with van der Waals surface area (Å²) < 4.78 is 1.65. The van der Waals surface area contributed by atoms with E-state index in [4.69, 9.17) is 0 Å². The number of para-hydroxylation sites is 1. The number of anilines is 2. The minimum absolute atomic E-state index is 0.132. The van der Waals surface area contributed by atoms with E-state index in [0.717, 1.165) is 31.9 Å². The number of amides is 2. The fraction of sp³-hybridized carbons (Fsp3) is 0.471. The zero-order valence-corrected chi connectivity index (χ0v) is 14.5. The smallest absolute Gasteiger partial charge is 0.324 e. The number of carbonyl (C=O) groups excluding carboxylic acids is 1. The van der Waals surface area contributed by atoms with E-state index in [1.807, 2.05) is 18.9 Å². The first kappa shape index (κ1) is 16.3. The summed E-state index contributed by atoms with van der Waals surface area (Å²) in [6.07, 6.45) is 0.941. The van der Waals surface area contributed by atoms with Gasteiger partial charge < -0.3 is 9.80 Å². The molecule has 3 rings (SSSR count). The lowest BCUT2D eigenvalue weighted by Gasteiger charge is -2.25. The molecular weight excluding hydrogens is 304 g/mol. The van der Waals surface area contributed by atoms with Gasteiger partial charge in [0.2, 0.25) is 5.95 Å². The average molecular weight is 328 g/mol. The van der Waals surface area contributed by atoms with Crippen molar-refractivity contribution in [2.75, 3.05) is 36.4 Å². The molecule has 0 atom stereocenters. The van der Waals surface area contributed by atoms with Gasteiger partial charge >= 0.3 is 6.03 Å². The third-order valence-corrected chi connectivity index (χ3v) is 4.44. The van der Waals surface area contributed by atoms with E-state index in [1.165, 1.54) is 11.3 Å². The van der Waals surface area contributed by atoms with Crippen molar-refractivity contribution in [3.63, 3.8) is 0 Å². The first-order chi connectivity index (χ1) is 11.5. The molecule has 24 heavy (non-hydrogen) atoms. The van der Waals surface area contributed by atoms with Crippen LogP contribution in [0.2, 0.25) is 0 Å². The summed E-state index contributed by atoms with van der Waals surface area (Å²) in [5.74, 6) is 1.13. The predicted octanol–water partition coefficient (Wildman–Crippen LogP) is 2.18. The molecular formula is C17H24N6O. The number of urea groups is 1. The van der Waals surface area contributed by atoms with Crippen LogP contribution in [0.3, 0.4) is 0 Å². The minimum atomic E-state index is -0.132. The molecule has 0 saturated carbocycles. The fourth-order valence-corrected chi connectivity index (χ4v) is 2.97. The van der Waals surface area contributed by atoms with E-state index in [-0.39, 0.29) is 6.03 Å². The molecule has 1 N–H and O–H groups in total. The second-order valence-electron chi connectivity index (χ2n) is 6.15. The Morgan fingerprint density at radius 1 is 1.12 bits per heavy atom. The van der Waals surface area contributed by atoms with Crippen molar-refractivity contribution in [1.82, 2.24) is 19.7 Å². The van der Waals surface area contributed by atoms with E-state index < -0.39 is 0 Å². The van der Waals surface area contributed by atoms with E-state index in [1.54, 1.807) is 4.68 Å². The normalized spacial score (nSPS) is 15.3. The molecule has 2 amide bonds. The molecule has 1 fully saturated rings. The Labute approximate surface area is 142 Å². The summed E-state index contributed by atoms with van der Waals surface area (Å²) in [5, 5.41) is 6.97. The third-order valence-electron chi connectivity index (χ3n) is 4.44. The number of hydrogen-bond donors (Lipinski definition) is 1. The molecule has 0 aliphatic carbocycles. The number of carbonyl (C=O) groups is 1. The van der Waals surface area contributed by atoms with Gasteiger partial charge in [-0.1, -0.05) is 18.2 Å². The maximum Gasteiger partial charge on any atom is 0.324 e. The van der Waals surface area contributed by atoms with Crippen LogP contribution in [0, 0.1) is 13.8 Å². The zero-order valence-electron chi connectivity index (χ0n) is 14.5. The number of hydrogen-bond acceptors (Lipinski definition) is 4. The Bertz CT molecular complexity index is 706. The van der Waals surface area contributed by atoms with Crippen LogP contribution in [0.1, 0.15) is 17.8 Å². The average Bonchev–Trinajstić information content (AvgIpc) is 2.77. The van der Waals surface area contributed by atoms with Gasteiger partial charge in [0, 0.05) is 38.9 Å². The molecule has 1 saturated heterocycles. The lowest BCUT2D eigenvalue weighted by Crippen LogP contribution is -2.38. The van der Waals surface area contributed by atoms with Gasteiger partial charge in [0.05, 0.1) is 0 Å². The molecule has 1 aromatic heterocycles. The summed E-state index contributed by atoms with van der Waals surface area (Å²) in [5.41, 5.74) is 2.52. The highest BCUT2D eigenvalue weighted by Crippen LogP contribution is 2.21. The highest BCUT2D eigenvalue weighted by Gasteiger charge is 2.21. The summed E-state index contributed by atoms with van der Waals surface area (Å²) in [4.78, 5) is 20.9. The zero-order chi connectivity index (χ0) is 17.1. The largest absolute Gasteiger partial charge is 0.369 e. The van der Waals surface area contributed by atoms with Gasteiger partial charge in [0.1, 0.15) is 5.82 Å². The van der Waals surface area contributed by atoms with Crippen molar-refractivity contribution in [2.45, 2.75) is 20.3 Å². The topological polar surface area (TPSA) is 66.3 Å². The standard InChI is InChI=1S/C17H24N6O/c1-13-7-4-5-8-15(13)22-9-6-10-23(12-11-22)17(24)19-16-18-14(2)21(3)20-16/h4-5,7-8H,6,9-12H2,1-3H3,(H,19,20,24). The van der Waals surface area contributed by atoms with Gasteiger partial charge in [0.25, 0.3) is 0 Å². The van der Waals surface area contributed by atoms with Crippen LogP contribution in [0.25, 0.3) is 0 Å². The summed E-state index contributed by atoms with van der Waals surface area (Å²) in [6.45, 7) is 7.18. The van der Waals surface area contributed by atoms with E-state index in [2.05, 4.69) is 51.5 Å². The summed E-state index contributed by atoms with van der Waals surface area (Å²) in [6, 6.07) is 8.25. The highest BCUT2D eigenvalue weighted by atomic mass is 16.2. The fourth-order valence-electron chi connectivity index (χ4n) is 2.97. The SMILES string of the molecule is Cc1ccccc1N1CCCN(C(=O)Nc2nc(C)n(C)n2)CC1. The van der Waals surface area contributed by atoms with Gasteiger partial charge in [-0.2, -0.15) is 4.98 Å². The lowest BCUT2D eigenvalue weighted by molar-refractivity contribution is 0.215. The van der Waals surface area contributed by atoms with Crippen LogP contribution < -0.4 is 10.2 Å². The molecule has 2 aromatic rings. The van der Waals surface area contributed by atoms with Crippen LogP contribution >= 0.6 is 0 Å². The number of aromatic nitrogens is 3. The van der Waals surface area contributed by atoms with Crippen molar-refractivity contribution in [2.24, 2.45) is 7.05 Å². The highest BCUT2D eigenvalue weighted by molar-refractivity contribution is 5.87. The summed E-state index contributed by atoms with van der Waals surface area (Å²) in [7, 11) is 1.81. The van der Waals surface area contributed by atoms with Crippen LogP contribution in [0.5, 0.6) is 0 Å². The van der Waals surface area contributed by atoms with Crippen molar-refractivity contribution in [3.05, 3.63) is 35.7 Å². The van der Waals surface area contributed by atoms with Crippen molar-refractivity contribution < 1.29 is 4.79 Å². The number of nitrogens with one attached hydrogen (secondary N) is 1. The van der Waals surface area contributed by atoms with E-state index in [0.29, 0.717) is 12.5 Å². The number of nitrogens with zero attached hydrogens (tertiary/aromatic N) is 5. The third kappa shape index (κ3) is 3.50. The molecule has 7 nitrogen and oxygen atoms in total.